The third-order valence-electron chi connectivity index (χ3n) is 5.92. The number of rotatable bonds is 8. The van der Waals surface area contributed by atoms with Gasteiger partial charge in [-0.25, -0.2) is 0 Å². The van der Waals surface area contributed by atoms with Crippen molar-refractivity contribution in [1.29, 1.82) is 0 Å². The fourth-order valence-corrected chi connectivity index (χ4v) is 4.48. The summed E-state index contributed by atoms with van der Waals surface area (Å²) in [4.78, 5) is 11.6. The third-order valence-corrected chi connectivity index (χ3v) is 5.92. The van der Waals surface area contributed by atoms with Crippen LogP contribution in [0, 0.1) is 0 Å². The van der Waals surface area contributed by atoms with Crippen LogP contribution in [0.3, 0.4) is 0 Å². The highest BCUT2D eigenvalue weighted by molar-refractivity contribution is 5.89. The molecule has 4 rings (SSSR count). The zero-order valence-electron chi connectivity index (χ0n) is 18.6. The summed E-state index contributed by atoms with van der Waals surface area (Å²) in [5, 5.41) is 13.8. The first-order valence-electron chi connectivity index (χ1n) is 11.1. The van der Waals surface area contributed by atoms with Gasteiger partial charge in [-0.2, -0.15) is 13.2 Å². The van der Waals surface area contributed by atoms with Crippen LogP contribution in [0.1, 0.15) is 41.0 Å². The number of alkyl halides is 3. The van der Waals surface area contributed by atoms with E-state index in [1.807, 2.05) is 61.5 Å². The van der Waals surface area contributed by atoms with Gasteiger partial charge in [0.05, 0.1) is 17.5 Å². The molecule has 0 fully saturated rings. The molecule has 2 N–H and O–H groups in total. The smallest absolute Gasteiger partial charge is 0.416 e. The van der Waals surface area contributed by atoms with Crippen LogP contribution in [0.4, 0.5) is 13.2 Å². The first-order valence-corrected chi connectivity index (χ1v) is 11.1. The highest BCUT2D eigenvalue weighted by Gasteiger charge is 2.30. The van der Waals surface area contributed by atoms with E-state index in [4.69, 9.17) is 0 Å². The van der Waals surface area contributed by atoms with Crippen LogP contribution < -0.4 is 5.32 Å². The van der Waals surface area contributed by atoms with Crippen molar-refractivity contribution in [3.8, 4) is 0 Å². The van der Waals surface area contributed by atoms with Crippen LogP contribution >= 0.6 is 0 Å². The van der Waals surface area contributed by atoms with Crippen molar-refractivity contribution in [2.45, 2.75) is 38.7 Å². The average Bonchev–Trinajstić information content (AvgIpc) is 3.12. The minimum Gasteiger partial charge on any atom is -0.481 e. The van der Waals surface area contributed by atoms with Gasteiger partial charge in [-0.15, -0.1) is 0 Å². The van der Waals surface area contributed by atoms with E-state index in [-0.39, 0.29) is 13.0 Å². The molecule has 1 unspecified atom stereocenters. The zero-order chi connectivity index (χ0) is 24.3. The number of hydrogen-bond donors (Lipinski definition) is 2. The van der Waals surface area contributed by atoms with Gasteiger partial charge in [-0.1, -0.05) is 73.7 Å². The lowest BCUT2D eigenvalue weighted by Crippen LogP contribution is -2.29. The van der Waals surface area contributed by atoms with Crippen molar-refractivity contribution >= 4 is 16.9 Å². The predicted molar refractivity (Wildman–Crippen MR) is 126 cm³/mol. The van der Waals surface area contributed by atoms with E-state index in [1.165, 1.54) is 6.07 Å². The molecule has 4 nitrogen and oxygen atoms in total. The molecule has 0 aliphatic carbocycles. The van der Waals surface area contributed by atoms with E-state index in [0.29, 0.717) is 12.0 Å². The molecule has 3 aromatic carbocycles. The van der Waals surface area contributed by atoms with Crippen LogP contribution in [0.15, 0.2) is 78.9 Å². The number of halogens is 3. The molecule has 4 aromatic rings. The van der Waals surface area contributed by atoms with E-state index in [1.54, 1.807) is 6.07 Å². The van der Waals surface area contributed by atoms with E-state index in [9.17, 15) is 23.1 Å². The number of carbonyl (C=O) groups is 1. The summed E-state index contributed by atoms with van der Waals surface area (Å²) < 4.78 is 41.7. The number of carboxylic acids is 1. The summed E-state index contributed by atoms with van der Waals surface area (Å²) in [6.07, 6.45) is -4.32. The Morgan fingerprint density at radius 1 is 1.00 bits per heavy atom. The molecule has 1 atom stereocenters. The monoisotopic (exact) mass is 466 g/mol. The number of benzene rings is 3. The number of aromatic nitrogens is 1. The molecule has 7 heteroatoms. The SMILES string of the molecule is CCc1c(CC(=O)O)c2ccccc2n1C(NCc1cccc(C(F)(F)F)c1)c1ccccc1. The minimum atomic E-state index is -4.41. The molecule has 0 saturated carbocycles. The van der Waals surface area contributed by atoms with E-state index in [0.717, 1.165) is 39.9 Å². The second kappa shape index (κ2) is 9.73. The second-order valence-electron chi connectivity index (χ2n) is 8.13. The lowest BCUT2D eigenvalue weighted by molar-refractivity contribution is -0.138. The molecule has 0 saturated heterocycles. The molecule has 0 bridgehead atoms. The molecular weight excluding hydrogens is 441 g/mol. The normalized spacial score (nSPS) is 12.7. The maximum atomic E-state index is 13.2. The summed E-state index contributed by atoms with van der Waals surface area (Å²) >= 11 is 0. The van der Waals surface area contributed by atoms with E-state index < -0.39 is 23.9 Å². The number of nitrogens with zero attached hydrogens (tertiary/aromatic N) is 1. The fraction of sp³-hybridized carbons (Fsp3) is 0.222. The summed E-state index contributed by atoms with van der Waals surface area (Å²) in [5.74, 6) is -0.911. The van der Waals surface area contributed by atoms with Gasteiger partial charge in [-0.05, 0) is 35.2 Å². The first kappa shape index (κ1) is 23.6. The molecular formula is C27H25F3N2O2. The number of nitrogens with one attached hydrogen (secondary N) is 1. The Labute approximate surface area is 195 Å². The van der Waals surface area contributed by atoms with Crippen molar-refractivity contribution < 1.29 is 23.1 Å². The largest absolute Gasteiger partial charge is 0.481 e. The van der Waals surface area contributed by atoms with Crippen LogP contribution in [-0.4, -0.2) is 15.6 Å². The molecule has 0 amide bonds. The van der Waals surface area contributed by atoms with Crippen molar-refractivity contribution in [3.05, 3.63) is 107 Å². The summed E-state index contributed by atoms with van der Waals surface area (Å²) in [6.45, 7) is 2.18. The minimum absolute atomic E-state index is 0.105. The number of aliphatic carboxylic acids is 1. The number of hydrogen-bond acceptors (Lipinski definition) is 2. The van der Waals surface area contributed by atoms with E-state index in [2.05, 4.69) is 9.88 Å². The number of para-hydroxylation sites is 1. The second-order valence-corrected chi connectivity index (χ2v) is 8.13. The number of fused-ring (bicyclic) bond motifs is 1. The molecule has 0 spiro atoms. The van der Waals surface area contributed by atoms with Gasteiger partial charge in [0, 0.05) is 17.6 Å². The Hall–Kier alpha value is -3.58. The van der Waals surface area contributed by atoms with Crippen LogP contribution in [0.5, 0.6) is 0 Å². The van der Waals surface area contributed by atoms with Gasteiger partial charge in [0.15, 0.2) is 0 Å². The average molecular weight is 467 g/mol. The van der Waals surface area contributed by atoms with Gasteiger partial charge in [-0.3, -0.25) is 10.1 Å². The van der Waals surface area contributed by atoms with E-state index >= 15 is 0 Å². The van der Waals surface area contributed by atoms with Gasteiger partial charge in [0.2, 0.25) is 0 Å². The standard InChI is InChI=1S/C27H25F3N2O2/c1-2-23-22(16-25(33)34)21-13-6-7-14-24(21)32(23)26(19-10-4-3-5-11-19)31-17-18-9-8-12-20(15-18)27(28,29)30/h3-15,26,31H,2,16-17H2,1H3,(H,33,34). The lowest BCUT2D eigenvalue weighted by Gasteiger charge is -2.25. The maximum Gasteiger partial charge on any atom is 0.416 e. The Kier molecular flexibility index (Phi) is 6.75. The summed E-state index contributed by atoms with van der Waals surface area (Å²) in [6, 6.07) is 22.5. The molecule has 34 heavy (non-hydrogen) atoms. The van der Waals surface area contributed by atoms with Crippen LogP contribution in [0.2, 0.25) is 0 Å². The Balaban J connectivity index is 1.81. The van der Waals surface area contributed by atoms with Crippen molar-refractivity contribution in [2.24, 2.45) is 0 Å². The van der Waals surface area contributed by atoms with Gasteiger partial charge < -0.3 is 9.67 Å². The molecule has 1 aromatic heterocycles. The van der Waals surface area contributed by atoms with Crippen LogP contribution in [0.25, 0.3) is 10.9 Å². The highest BCUT2D eigenvalue weighted by atomic mass is 19.4. The molecule has 0 radical (unpaired) electrons. The quantitative estimate of drug-likeness (QED) is 0.326. The third kappa shape index (κ3) is 4.84. The Bertz CT molecular complexity index is 1300. The van der Waals surface area contributed by atoms with Crippen LogP contribution in [-0.2, 0) is 30.4 Å². The summed E-state index contributed by atoms with van der Waals surface area (Å²) in [7, 11) is 0. The van der Waals surface area contributed by atoms with Gasteiger partial charge in [0.25, 0.3) is 0 Å². The Morgan fingerprint density at radius 3 is 2.38 bits per heavy atom. The van der Waals surface area contributed by atoms with Gasteiger partial charge in [0.1, 0.15) is 6.17 Å². The zero-order valence-corrected chi connectivity index (χ0v) is 18.6. The lowest BCUT2D eigenvalue weighted by atomic mass is 10.1. The van der Waals surface area contributed by atoms with Crippen molar-refractivity contribution in [3.63, 3.8) is 0 Å². The van der Waals surface area contributed by atoms with Gasteiger partial charge >= 0.3 is 12.1 Å². The fourth-order valence-electron chi connectivity index (χ4n) is 4.48. The molecule has 1 heterocycles. The highest BCUT2D eigenvalue weighted by Crippen LogP contribution is 2.33. The predicted octanol–water partition coefficient (Wildman–Crippen LogP) is 6.19. The van der Waals surface area contributed by atoms with Crippen molar-refractivity contribution in [2.75, 3.05) is 0 Å². The molecule has 0 aliphatic heterocycles. The Morgan fingerprint density at radius 2 is 1.71 bits per heavy atom. The van der Waals surface area contributed by atoms with Crippen molar-refractivity contribution in [1.82, 2.24) is 9.88 Å². The maximum absolute atomic E-state index is 13.2. The topological polar surface area (TPSA) is 54.3 Å². The first-order chi connectivity index (χ1) is 16.3. The molecule has 176 valence electrons. The molecule has 0 aliphatic rings. The number of carboxylic acid groups (broad SMARTS) is 1. The summed E-state index contributed by atoms with van der Waals surface area (Å²) in [5.41, 5.74) is 3.26.